The molecule has 0 bridgehead atoms. The minimum absolute atomic E-state index is 0. The van der Waals surface area contributed by atoms with Crippen LogP contribution in [0.4, 0.5) is 0 Å². The molecule has 1 aromatic rings. The van der Waals surface area contributed by atoms with Crippen molar-refractivity contribution in [3.8, 4) is 0 Å². The van der Waals surface area contributed by atoms with Crippen molar-refractivity contribution in [3.05, 3.63) is 33.3 Å². The molecule has 0 aliphatic heterocycles. The van der Waals surface area contributed by atoms with E-state index in [2.05, 4.69) is 22.9 Å². The fourth-order valence-corrected chi connectivity index (χ4v) is 2.09. The van der Waals surface area contributed by atoms with Crippen LogP contribution in [0.15, 0.2) is 16.6 Å². The molecule has 1 nitrogen and oxygen atoms in total. The van der Waals surface area contributed by atoms with Gasteiger partial charge in [-0.1, -0.05) is 22.0 Å². The second kappa shape index (κ2) is 3.81. The fourth-order valence-electron chi connectivity index (χ4n) is 1.72. The van der Waals surface area contributed by atoms with E-state index in [1.165, 1.54) is 11.1 Å². The summed E-state index contributed by atoms with van der Waals surface area (Å²) in [7, 11) is 0. The zero-order valence-corrected chi connectivity index (χ0v) is 9.76. The first-order valence-corrected chi connectivity index (χ1v) is 4.85. The highest BCUT2D eigenvalue weighted by Crippen LogP contribution is 2.29. The molecule has 0 atom stereocenters. The van der Waals surface area contributed by atoms with Gasteiger partial charge in [0, 0.05) is 10.2 Å². The zero-order valence-electron chi connectivity index (χ0n) is 7.36. The Bertz CT molecular complexity index is 360. The lowest BCUT2D eigenvalue weighted by Gasteiger charge is -2.04. The van der Waals surface area contributed by atoms with Crippen LogP contribution in [0.2, 0.25) is 0 Å². The van der Waals surface area contributed by atoms with Crippen LogP contribution in [0.1, 0.15) is 23.1 Å². The third-order valence-corrected chi connectivity index (χ3v) is 3.34. The molecule has 0 unspecified atom stereocenters. The Morgan fingerprint density at radius 1 is 1.31 bits per heavy atom. The predicted molar refractivity (Wildman–Crippen MR) is 61.3 cm³/mol. The van der Waals surface area contributed by atoms with Crippen molar-refractivity contribution >= 4 is 34.0 Å². The molecule has 1 N–H and O–H groups in total. The topological polar surface area (TPSA) is 23.9 Å². The monoisotopic (exact) mass is 259 g/mol. The molecule has 70 valence electrons. The Morgan fingerprint density at radius 3 is 2.69 bits per heavy atom. The smallest absolute Gasteiger partial charge is 0.0392 e. The van der Waals surface area contributed by atoms with Crippen LogP contribution in [0.25, 0.3) is 0 Å². The van der Waals surface area contributed by atoms with Crippen LogP contribution in [-0.2, 0) is 6.42 Å². The first-order chi connectivity index (χ1) is 5.70. The van der Waals surface area contributed by atoms with E-state index in [0.717, 1.165) is 28.6 Å². The molecule has 0 saturated heterocycles. The summed E-state index contributed by atoms with van der Waals surface area (Å²) in [6.07, 6.45) is 1.95. The van der Waals surface area contributed by atoms with Gasteiger partial charge >= 0.3 is 0 Å². The van der Waals surface area contributed by atoms with E-state index in [1.807, 2.05) is 12.1 Å². The Balaban J connectivity index is 0.000000845. The van der Waals surface area contributed by atoms with E-state index in [1.54, 1.807) is 0 Å². The first-order valence-electron chi connectivity index (χ1n) is 4.06. The Morgan fingerprint density at radius 2 is 2.00 bits per heavy atom. The molecule has 2 rings (SSSR count). The lowest BCUT2D eigenvalue weighted by molar-refractivity contribution is 1.07. The number of halogens is 2. The van der Waals surface area contributed by atoms with Crippen molar-refractivity contribution in [2.45, 2.75) is 19.8 Å². The van der Waals surface area contributed by atoms with E-state index < -0.39 is 0 Å². The summed E-state index contributed by atoms with van der Waals surface area (Å²) >= 11 is 3.50. The molecule has 1 aliphatic rings. The molecule has 0 aromatic heterocycles. The number of hydrogen-bond donors (Lipinski definition) is 1. The molecule has 0 amide bonds. The van der Waals surface area contributed by atoms with Crippen LogP contribution in [-0.4, -0.2) is 5.71 Å². The van der Waals surface area contributed by atoms with E-state index in [-0.39, 0.29) is 12.4 Å². The Labute approximate surface area is 92.6 Å². The first kappa shape index (κ1) is 10.7. The minimum atomic E-state index is 0. The number of benzene rings is 1. The average Bonchev–Trinajstić information content (AvgIpc) is 2.41. The molecule has 3 heteroatoms. The van der Waals surface area contributed by atoms with Gasteiger partial charge in [0.15, 0.2) is 0 Å². The summed E-state index contributed by atoms with van der Waals surface area (Å²) in [6.45, 7) is 2.11. The predicted octanol–water partition coefficient (Wildman–Crippen LogP) is 3.49. The van der Waals surface area contributed by atoms with Gasteiger partial charge in [-0.15, -0.1) is 12.4 Å². The van der Waals surface area contributed by atoms with E-state index >= 15 is 0 Å². The van der Waals surface area contributed by atoms with Crippen molar-refractivity contribution in [1.29, 1.82) is 5.41 Å². The summed E-state index contributed by atoms with van der Waals surface area (Å²) in [5.74, 6) is 0. The molecule has 1 aliphatic carbocycles. The molecule has 0 heterocycles. The summed E-state index contributed by atoms with van der Waals surface area (Å²) < 4.78 is 1.16. The van der Waals surface area contributed by atoms with Gasteiger partial charge in [0.1, 0.15) is 0 Å². The molecule has 0 radical (unpaired) electrons. The molecular formula is C10H11BrClN. The minimum Gasteiger partial charge on any atom is -0.305 e. The van der Waals surface area contributed by atoms with Crippen molar-refractivity contribution in [2.75, 3.05) is 0 Å². The van der Waals surface area contributed by atoms with E-state index in [9.17, 15) is 0 Å². The number of hydrogen-bond acceptors (Lipinski definition) is 1. The quantitative estimate of drug-likeness (QED) is 0.738. The summed E-state index contributed by atoms with van der Waals surface area (Å²) in [5, 5.41) is 7.68. The van der Waals surface area contributed by atoms with Crippen LogP contribution in [0.5, 0.6) is 0 Å². The van der Waals surface area contributed by atoms with Crippen molar-refractivity contribution < 1.29 is 0 Å². The normalized spacial score (nSPS) is 13.8. The average molecular weight is 261 g/mol. The summed E-state index contributed by atoms with van der Waals surface area (Å²) in [6, 6.07) is 4.08. The van der Waals surface area contributed by atoms with Crippen molar-refractivity contribution in [2.24, 2.45) is 0 Å². The number of fused-ring (bicyclic) bond motifs is 1. The third kappa shape index (κ3) is 1.65. The van der Waals surface area contributed by atoms with Gasteiger partial charge in [-0.2, -0.15) is 0 Å². The summed E-state index contributed by atoms with van der Waals surface area (Å²) in [4.78, 5) is 0. The SMILES string of the molecule is Cc1c(Br)ccc2c1CCC2=N.Cl. The van der Waals surface area contributed by atoms with Crippen LogP contribution < -0.4 is 0 Å². The van der Waals surface area contributed by atoms with Crippen LogP contribution in [0, 0.1) is 12.3 Å². The van der Waals surface area contributed by atoms with Crippen molar-refractivity contribution in [1.82, 2.24) is 0 Å². The van der Waals surface area contributed by atoms with Gasteiger partial charge in [0.25, 0.3) is 0 Å². The molecular weight excluding hydrogens is 249 g/mol. The number of rotatable bonds is 0. The maximum Gasteiger partial charge on any atom is 0.0392 e. The molecule has 13 heavy (non-hydrogen) atoms. The van der Waals surface area contributed by atoms with Gasteiger partial charge in [0.2, 0.25) is 0 Å². The van der Waals surface area contributed by atoms with Gasteiger partial charge in [-0.3, -0.25) is 0 Å². The largest absolute Gasteiger partial charge is 0.305 e. The van der Waals surface area contributed by atoms with Crippen molar-refractivity contribution in [3.63, 3.8) is 0 Å². The second-order valence-corrected chi connectivity index (χ2v) is 4.03. The highest BCUT2D eigenvalue weighted by molar-refractivity contribution is 9.10. The lowest BCUT2D eigenvalue weighted by atomic mass is 10.0. The standard InChI is InChI=1S/C10H10BrN.ClH/c1-6-7-3-5-10(12)8(7)2-4-9(6)11;/h2,4,12H,3,5H2,1H3;1H. The number of nitrogens with one attached hydrogen (secondary N) is 1. The molecule has 0 saturated carbocycles. The van der Waals surface area contributed by atoms with Gasteiger partial charge < -0.3 is 5.41 Å². The second-order valence-electron chi connectivity index (χ2n) is 3.18. The van der Waals surface area contributed by atoms with Gasteiger partial charge in [-0.05, 0) is 42.5 Å². The van der Waals surface area contributed by atoms with E-state index in [0.29, 0.717) is 0 Å². The lowest BCUT2D eigenvalue weighted by Crippen LogP contribution is -1.92. The highest BCUT2D eigenvalue weighted by Gasteiger charge is 2.18. The third-order valence-electron chi connectivity index (χ3n) is 2.48. The summed E-state index contributed by atoms with van der Waals surface area (Å²) in [5.41, 5.74) is 4.60. The van der Waals surface area contributed by atoms with Crippen LogP contribution in [0.3, 0.4) is 0 Å². The Kier molecular flexibility index (Phi) is 3.14. The van der Waals surface area contributed by atoms with E-state index in [4.69, 9.17) is 5.41 Å². The maximum absolute atomic E-state index is 7.68. The molecule has 0 fully saturated rings. The van der Waals surface area contributed by atoms with Crippen LogP contribution >= 0.6 is 28.3 Å². The molecule has 0 spiro atoms. The highest BCUT2D eigenvalue weighted by atomic mass is 79.9. The zero-order chi connectivity index (χ0) is 8.72. The van der Waals surface area contributed by atoms with Gasteiger partial charge in [-0.25, -0.2) is 0 Å². The molecule has 1 aromatic carbocycles. The maximum atomic E-state index is 7.68. The Hall–Kier alpha value is -0.340. The van der Waals surface area contributed by atoms with Gasteiger partial charge in [0.05, 0.1) is 0 Å². The fraction of sp³-hybridized carbons (Fsp3) is 0.300.